The summed E-state index contributed by atoms with van der Waals surface area (Å²) in [5.41, 5.74) is 0. The summed E-state index contributed by atoms with van der Waals surface area (Å²) in [5.74, 6) is -2.61. The summed E-state index contributed by atoms with van der Waals surface area (Å²) in [7, 11) is 0. The van der Waals surface area contributed by atoms with Crippen molar-refractivity contribution in [1.29, 1.82) is 0 Å². The van der Waals surface area contributed by atoms with Crippen LogP contribution in [0, 0.1) is 11.8 Å². The molecule has 1 aliphatic carbocycles. The zero-order chi connectivity index (χ0) is 16.2. The minimum absolute atomic E-state index is 0. The van der Waals surface area contributed by atoms with Gasteiger partial charge in [0.05, 0.1) is 12.5 Å². The molecule has 0 aromatic rings. The minimum Gasteiger partial charge on any atom is -0.550 e. The first kappa shape index (κ1) is 22.7. The molecule has 0 heterocycles. The van der Waals surface area contributed by atoms with Crippen LogP contribution < -0.4 is 34.7 Å². The molecule has 1 fully saturated rings. The van der Waals surface area contributed by atoms with E-state index in [1.807, 2.05) is 6.92 Å². The molecule has 126 valence electrons. The summed E-state index contributed by atoms with van der Waals surface area (Å²) < 4.78 is 5.27. The van der Waals surface area contributed by atoms with E-state index in [1.165, 1.54) is 12.8 Å². The number of hydrogen-bond acceptors (Lipinski definition) is 4. The van der Waals surface area contributed by atoms with Gasteiger partial charge >= 0.3 is 35.5 Å². The van der Waals surface area contributed by atoms with Crippen molar-refractivity contribution in [2.24, 2.45) is 11.8 Å². The Labute approximate surface area is 162 Å². The maximum Gasteiger partial charge on any atom is 1.00 e. The van der Waals surface area contributed by atoms with Crippen LogP contribution in [0.25, 0.3) is 0 Å². The predicted molar refractivity (Wildman–Crippen MR) is 83.9 cm³/mol. The Morgan fingerprint density at radius 3 is 2.30 bits per heavy atom. The average molecular weight is 332 g/mol. The summed E-state index contributed by atoms with van der Waals surface area (Å²) in [6.07, 6.45) is 13.8. The summed E-state index contributed by atoms with van der Waals surface area (Å²) in [4.78, 5) is 23.1. The van der Waals surface area contributed by atoms with Crippen LogP contribution in [0.3, 0.4) is 0 Å². The van der Waals surface area contributed by atoms with Crippen LogP contribution in [-0.2, 0) is 14.3 Å². The average Bonchev–Trinajstić information content (AvgIpc) is 2.53. The largest absolute Gasteiger partial charge is 1.00 e. The zero-order valence-electron chi connectivity index (χ0n) is 14.7. The summed E-state index contributed by atoms with van der Waals surface area (Å²) in [6, 6.07) is 0. The van der Waals surface area contributed by atoms with E-state index >= 15 is 0 Å². The van der Waals surface area contributed by atoms with Crippen LogP contribution in [0.5, 0.6) is 0 Å². The van der Waals surface area contributed by atoms with Crippen LogP contribution in [0.1, 0.15) is 71.1 Å². The Bertz CT molecular complexity index is 368. The molecular weight excluding hydrogens is 303 g/mol. The summed E-state index contributed by atoms with van der Waals surface area (Å²) in [5, 5.41) is 11.1. The van der Waals surface area contributed by atoms with E-state index in [9.17, 15) is 14.7 Å². The number of carbonyl (C=O) groups is 2. The van der Waals surface area contributed by atoms with Crippen molar-refractivity contribution in [3.63, 3.8) is 0 Å². The molecule has 0 amide bonds. The molecular formula is C18H29NaO4. The number of aliphatic carboxylic acids is 1. The fraction of sp³-hybridized carbons (Fsp3) is 0.778. The van der Waals surface area contributed by atoms with E-state index in [4.69, 9.17) is 4.74 Å². The Morgan fingerprint density at radius 1 is 1.04 bits per heavy atom. The van der Waals surface area contributed by atoms with Gasteiger partial charge in [0, 0.05) is 11.9 Å². The van der Waals surface area contributed by atoms with E-state index in [0.717, 1.165) is 38.5 Å². The Kier molecular flexibility index (Phi) is 13.9. The fourth-order valence-corrected chi connectivity index (χ4v) is 3.04. The SMILES string of the molecule is C/C=C/CCCCCCCOC(=O)C1CCCCC1C(=O)[O-].[Na+]. The summed E-state index contributed by atoms with van der Waals surface area (Å²) in [6.45, 7) is 2.44. The normalized spacial score (nSPS) is 20.9. The fourth-order valence-electron chi connectivity index (χ4n) is 3.04. The van der Waals surface area contributed by atoms with E-state index in [-0.39, 0.29) is 35.5 Å². The van der Waals surface area contributed by atoms with Gasteiger partial charge in [0.1, 0.15) is 0 Å². The smallest absolute Gasteiger partial charge is 0.550 e. The number of carboxylic acid groups (broad SMARTS) is 1. The van der Waals surface area contributed by atoms with Gasteiger partial charge in [0.2, 0.25) is 0 Å². The topological polar surface area (TPSA) is 66.4 Å². The van der Waals surface area contributed by atoms with Gasteiger partial charge in [-0.25, -0.2) is 0 Å². The second kappa shape index (κ2) is 14.1. The van der Waals surface area contributed by atoms with E-state index in [0.29, 0.717) is 19.4 Å². The third kappa shape index (κ3) is 9.53. The summed E-state index contributed by atoms with van der Waals surface area (Å²) >= 11 is 0. The third-order valence-corrected chi connectivity index (χ3v) is 4.37. The predicted octanol–water partition coefficient (Wildman–Crippen LogP) is 0.00660. The van der Waals surface area contributed by atoms with E-state index < -0.39 is 17.8 Å². The number of esters is 1. The molecule has 1 rings (SSSR count). The van der Waals surface area contributed by atoms with Gasteiger partial charge in [-0.1, -0.05) is 44.3 Å². The quantitative estimate of drug-likeness (QED) is 0.245. The number of unbranched alkanes of at least 4 members (excludes halogenated alkanes) is 5. The Morgan fingerprint density at radius 2 is 1.65 bits per heavy atom. The van der Waals surface area contributed by atoms with Gasteiger partial charge < -0.3 is 14.6 Å². The van der Waals surface area contributed by atoms with Gasteiger partial charge in [-0.15, -0.1) is 0 Å². The van der Waals surface area contributed by atoms with Gasteiger partial charge in [-0.05, 0) is 39.0 Å². The van der Waals surface area contributed by atoms with Crippen LogP contribution in [0.2, 0.25) is 0 Å². The molecule has 5 heteroatoms. The van der Waals surface area contributed by atoms with Crippen molar-refractivity contribution in [3.05, 3.63) is 12.2 Å². The first-order valence-corrected chi connectivity index (χ1v) is 8.65. The van der Waals surface area contributed by atoms with Gasteiger partial charge in [0.25, 0.3) is 0 Å². The molecule has 0 bridgehead atoms. The second-order valence-corrected chi connectivity index (χ2v) is 6.11. The Balaban J connectivity index is 0.00000484. The molecule has 1 saturated carbocycles. The van der Waals surface area contributed by atoms with E-state index in [1.54, 1.807) is 0 Å². The van der Waals surface area contributed by atoms with Crippen molar-refractivity contribution in [2.45, 2.75) is 71.1 Å². The molecule has 2 atom stereocenters. The minimum atomic E-state index is -1.11. The zero-order valence-corrected chi connectivity index (χ0v) is 16.7. The van der Waals surface area contributed by atoms with Crippen LogP contribution >= 0.6 is 0 Å². The van der Waals surface area contributed by atoms with Gasteiger partial charge in [-0.3, -0.25) is 4.79 Å². The maximum absolute atomic E-state index is 12.0. The van der Waals surface area contributed by atoms with Gasteiger partial charge in [-0.2, -0.15) is 0 Å². The monoisotopic (exact) mass is 332 g/mol. The first-order valence-electron chi connectivity index (χ1n) is 8.65. The number of carbonyl (C=O) groups excluding carboxylic acids is 2. The van der Waals surface area contributed by atoms with Gasteiger partial charge in [0.15, 0.2) is 0 Å². The van der Waals surface area contributed by atoms with Crippen LogP contribution in [0.4, 0.5) is 0 Å². The second-order valence-electron chi connectivity index (χ2n) is 6.11. The molecule has 23 heavy (non-hydrogen) atoms. The van der Waals surface area contributed by atoms with E-state index in [2.05, 4.69) is 12.2 Å². The number of allylic oxidation sites excluding steroid dienone is 2. The molecule has 0 N–H and O–H groups in total. The molecule has 0 saturated heterocycles. The molecule has 0 aromatic heterocycles. The molecule has 2 unspecified atom stereocenters. The first-order chi connectivity index (χ1) is 10.7. The maximum atomic E-state index is 12.0. The van der Waals surface area contributed by atoms with Crippen molar-refractivity contribution in [2.75, 3.05) is 6.61 Å². The third-order valence-electron chi connectivity index (χ3n) is 4.37. The molecule has 1 aliphatic rings. The van der Waals surface area contributed by atoms with Crippen molar-refractivity contribution in [1.82, 2.24) is 0 Å². The Hall–Kier alpha value is -0.320. The molecule has 4 nitrogen and oxygen atoms in total. The van der Waals surface area contributed by atoms with Crippen molar-refractivity contribution >= 4 is 11.9 Å². The molecule has 0 aromatic carbocycles. The number of ether oxygens (including phenoxy) is 1. The number of hydrogen-bond donors (Lipinski definition) is 0. The number of rotatable bonds is 10. The van der Waals surface area contributed by atoms with Crippen molar-refractivity contribution < 1.29 is 49.0 Å². The van der Waals surface area contributed by atoms with Crippen LogP contribution in [0.15, 0.2) is 12.2 Å². The molecule has 0 spiro atoms. The standard InChI is InChI=1S/C18H30O4.Na/c1-2-3-4-5-6-7-8-11-14-22-18(21)16-13-10-9-12-15(16)17(19)20;/h2-3,15-16H,4-14H2,1H3,(H,19,20);/q;+1/p-1/b3-2+;. The number of carboxylic acids is 1. The molecule has 0 radical (unpaired) electrons. The van der Waals surface area contributed by atoms with Crippen LogP contribution in [-0.4, -0.2) is 18.5 Å². The molecule has 0 aliphatic heterocycles. The van der Waals surface area contributed by atoms with Crippen molar-refractivity contribution in [3.8, 4) is 0 Å².